The number of ether oxygens (including phenoxy) is 1. The third-order valence-electron chi connectivity index (χ3n) is 8.25. The van der Waals surface area contributed by atoms with Crippen molar-refractivity contribution in [3.05, 3.63) is 102 Å². The van der Waals surface area contributed by atoms with Gasteiger partial charge in [-0.05, 0) is 54.4 Å². The molecule has 3 aliphatic rings. The first-order valence-corrected chi connectivity index (χ1v) is 12.0. The van der Waals surface area contributed by atoms with Gasteiger partial charge < -0.3 is 15.0 Å². The predicted molar refractivity (Wildman–Crippen MR) is 135 cm³/mol. The van der Waals surface area contributed by atoms with E-state index >= 15 is 0 Å². The number of benzene rings is 4. The first kappa shape index (κ1) is 19.7. The largest absolute Gasteiger partial charge is 0.467 e. The maximum Gasteiger partial charge on any atom is 0.247 e. The lowest BCUT2D eigenvalue weighted by atomic mass is 9.72. The summed E-state index contributed by atoms with van der Waals surface area (Å²) in [5, 5.41) is 5.55. The molecule has 168 valence electrons. The summed E-state index contributed by atoms with van der Waals surface area (Å²) >= 11 is 0. The van der Waals surface area contributed by atoms with E-state index < -0.39 is 5.72 Å². The van der Waals surface area contributed by atoms with Crippen LogP contribution < -0.4 is 15.0 Å². The topological polar surface area (TPSA) is 41.6 Å². The zero-order valence-electron chi connectivity index (χ0n) is 19.3. The van der Waals surface area contributed by atoms with Crippen LogP contribution in [0, 0.1) is 0 Å². The molecule has 4 aromatic rings. The van der Waals surface area contributed by atoms with Crippen LogP contribution in [0.15, 0.2) is 91.0 Å². The van der Waals surface area contributed by atoms with Crippen molar-refractivity contribution in [3.8, 4) is 5.75 Å². The van der Waals surface area contributed by atoms with Gasteiger partial charge in [0.2, 0.25) is 5.91 Å². The normalized spacial score (nSPS) is 25.3. The van der Waals surface area contributed by atoms with Gasteiger partial charge in [0, 0.05) is 29.3 Å². The van der Waals surface area contributed by atoms with Crippen LogP contribution >= 0.6 is 0 Å². The second-order valence-electron chi connectivity index (χ2n) is 10.2. The summed E-state index contributed by atoms with van der Waals surface area (Å²) in [7, 11) is 0. The van der Waals surface area contributed by atoms with Crippen molar-refractivity contribution in [1.82, 2.24) is 0 Å². The van der Waals surface area contributed by atoms with Gasteiger partial charge in [0.25, 0.3) is 0 Å². The summed E-state index contributed by atoms with van der Waals surface area (Å²) in [6.45, 7) is 4.51. The minimum Gasteiger partial charge on any atom is -0.467 e. The van der Waals surface area contributed by atoms with Crippen LogP contribution in [-0.4, -0.2) is 17.7 Å². The van der Waals surface area contributed by atoms with Gasteiger partial charge in [-0.2, -0.15) is 0 Å². The Morgan fingerprint density at radius 3 is 2.50 bits per heavy atom. The smallest absolute Gasteiger partial charge is 0.247 e. The Labute approximate surface area is 199 Å². The van der Waals surface area contributed by atoms with Gasteiger partial charge in [-0.3, -0.25) is 4.79 Å². The lowest BCUT2D eigenvalue weighted by molar-refractivity contribution is -0.117. The molecule has 0 saturated carbocycles. The molecule has 4 heteroatoms. The Hall–Kier alpha value is -3.79. The van der Waals surface area contributed by atoms with E-state index in [2.05, 4.69) is 84.7 Å². The number of carbonyl (C=O) groups is 1. The van der Waals surface area contributed by atoms with Crippen LogP contribution in [0.5, 0.6) is 5.75 Å². The first-order valence-electron chi connectivity index (χ1n) is 12.0. The van der Waals surface area contributed by atoms with E-state index in [1.54, 1.807) is 0 Å². The Morgan fingerprint density at radius 2 is 1.65 bits per heavy atom. The van der Waals surface area contributed by atoms with Gasteiger partial charge in [0.15, 0.2) is 5.72 Å². The number of para-hydroxylation sites is 2. The fourth-order valence-electron chi connectivity index (χ4n) is 6.68. The van der Waals surface area contributed by atoms with Gasteiger partial charge in [-0.25, -0.2) is 0 Å². The number of anilines is 2. The molecule has 1 fully saturated rings. The minimum atomic E-state index is -0.616. The van der Waals surface area contributed by atoms with E-state index in [0.29, 0.717) is 0 Å². The van der Waals surface area contributed by atoms with Crippen molar-refractivity contribution in [2.45, 2.75) is 43.4 Å². The molecule has 1 spiro atoms. The summed E-state index contributed by atoms with van der Waals surface area (Å²) < 4.78 is 7.02. The highest BCUT2D eigenvalue weighted by Gasteiger charge is 2.70. The molecule has 0 radical (unpaired) electrons. The minimum absolute atomic E-state index is 0.00922. The average molecular weight is 447 g/mol. The maximum absolute atomic E-state index is 14.1. The standard InChI is InChI=1S/C30H26N2O2/c1-29(2)23-14-8-9-15-24(23)32-27(28(33)31-20-11-4-3-5-12-20)22-18-30(29,32)34-25-17-16-19-10-6-7-13-21(19)26(22)25/h3-17,22,27H,18H2,1-2H3,(H,31,33)/t22-,27-,30+/m1/s1. The summed E-state index contributed by atoms with van der Waals surface area (Å²) in [6.07, 6.45) is 0.766. The van der Waals surface area contributed by atoms with Gasteiger partial charge in [-0.1, -0.05) is 66.7 Å². The van der Waals surface area contributed by atoms with Gasteiger partial charge in [0.05, 0.1) is 5.41 Å². The van der Waals surface area contributed by atoms with Crippen LogP contribution in [0.3, 0.4) is 0 Å². The lowest BCUT2D eigenvalue weighted by Crippen LogP contribution is -2.59. The zero-order valence-corrected chi connectivity index (χ0v) is 19.3. The molecule has 3 aliphatic heterocycles. The summed E-state index contributed by atoms with van der Waals surface area (Å²) in [4.78, 5) is 16.3. The van der Waals surface area contributed by atoms with Crippen LogP contribution in [0.1, 0.15) is 37.3 Å². The lowest BCUT2D eigenvalue weighted by Gasteiger charge is -2.45. The fourth-order valence-corrected chi connectivity index (χ4v) is 6.68. The van der Waals surface area contributed by atoms with Crippen LogP contribution in [0.25, 0.3) is 10.8 Å². The highest BCUT2D eigenvalue weighted by molar-refractivity contribution is 6.01. The molecule has 7 rings (SSSR count). The highest BCUT2D eigenvalue weighted by atomic mass is 16.5. The van der Waals surface area contributed by atoms with E-state index in [0.717, 1.165) is 29.1 Å². The Morgan fingerprint density at radius 1 is 0.912 bits per heavy atom. The quantitative estimate of drug-likeness (QED) is 0.397. The SMILES string of the molecule is CC1(C)c2ccccc2N2[C@@H](C(=O)Nc3ccccc3)[C@@H]3C[C@@]21Oc1ccc2ccccc2c13. The number of carbonyl (C=O) groups excluding carboxylic acids is 1. The monoisotopic (exact) mass is 446 g/mol. The van der Waals surface area contributed by atoms with E-state index in [4.69, 9.17) is 4.74 Å². The molecule has 4 aromatic carbocycles. The molecule has 1 amide bonds. The molecule has 4 nitrogen and oxygen atoms in total. The molecule has 34 heavy (non-hydrogen) atoms. The maximum atomic E-state index is 14.1. The van der Waals surface area contributed by atoms with E-state index in [1.165, 1.54) is 16.3 Å². The summed E-state index contributed by atoms with van der Waals surface area (Å²) in [5.41, 5.74) is 3.39. The third kappa shape index (κ3) is 2.35. The highest BCUT2D eigenvalue weighted by Crippen LogP contribution is 2.65. The predicted octanol–water partition coefficient (Wildman–Crippen LogP) is 6.22. The number of nitrogens with zero attached hydrogens (tertiary/aromatic N) is 1. The van der Waals surface area contributed by atoms with E-state index in [1.807, 2.05) is 30.3 Å². The molecule has 2 bridgehead atoms. The Bertz CT molecular complexity index is 1460. The molecule has 1 saturated heterocycles. The van der Waals surface area contributed by atoms with Crippen molar-refractivity contribution in [1.29, 1.82) is 0 Å². The second-order valence-corrected chi connectivity index (χ2v) is 10.2. The van der Waals surface area contributed by atoms with Crippen molar-refractivity contribution in [2.75, 3.05) is 10.2 Å². The molecule has 0 unspecified atom stereocenters. The van der Waals surface area contributed by atoms with Crippen LogP contribution in [0.2, 0.25) is 0 Å². The van der Waals surface area contributed by atoms with Crippen LogP contribution in [0.4, 0.5) is 11.4 Å². The Balaban J connectivity index is 1.46. The average Bonchev–Trinajstić information content (AvgIpc) is 3.23. The number of hydrogen-bond acceptors (Lipinski definition) is 3. The van der Waals surface area contributed by atoms with Crippen molar-refractivity contribution >= 4 is 28.1 Å². The molecule has 0 aliphatic carbocycles. The number of amides is 1. The van der Waals surface area contributed by atoms with E-state index in [-0.39, 0.29) is 23.3 Å². The number of nitrogens with one attached hydrogen (secondary N) is 1. The van der Waals surface area contributed by atoms with Crippen molar-refractivity contribution in [3.63, 3.8) is 0 Å². The van der Waals surface area contributed by atoms with Crippen molar-refractivity contribution in [2.24, 2.45) is 0 Å². The van der Waals surface area contributed by atoms with Crippen molar-refractivity contribution < 1.29 is 9.53 Å². The first-order chi connectivity index (χ1) is 16.5. The molecule has 0 aromatic heterocycles. The number of fused-ring (bicyclic) bond motifs is 7. The van der Waals surface area contributed by atoms with Gasteiger partial charge in [-0.15, -0.1) is 0 Å². The van der Waals surface area contributed by atoms with E-state index in [9.17, 15) is 4.79 Å². The van der Waals surface area contributed by atoms with Crippen LogP contribution in [-0.2, 0) is 10.2 Å². The second kappa shape index (κ2) is 6.63. The third-order valence-corrected chi connectivity index (χ3v) is 8.25. The zero-order chi connectivity index (χ0) is 23.1. The molecule has 3 atom stereocenters. The molecular formula is C30H26N2O2. The van der Waals surface area contributed by atoms with Gasteiger partial charge >= 0.3 is 0 Å². The Kier molecular flexibility index (Phi) is 3.83. The number of rotatable bonds is 2. The van der Waals surface area contributed by atoms with Gasteiger partial charge in [0.1, 0.15) is 11.8 Å². The molecular weight excluding hydrogens is 420 g/mol. The fraction of sp³-hybridized carbons (Fsp3) is 0.233. The summed E-state index contributed by atoms with van der Waals surface area (Å²) in [5.74, 6) is 0.928. The number of hydrogen-bond donors (Lipinski definition) is 1. The summed E-state index contributed by atoms with van der Waals surface area (Å²) in [6, 6.07) is 30.5. The molecule has 3 heterocycles. The molecule has 1 N–H and O–H groups in total.